The fourth-order valence-electron chi connectivity index (χ4n) is 2.16. The van der Waals surface area contributed by atoms with E-state index in [1.165, 1.54) is 14.5 Å². The first-order valence-corrected chi connectivity index (χ1v) is 11.2. The molecule has 0 amide bonds. The van der Waals surface area contributed by atoms with Crippen molar-refractivity contribution in [3.63, 3.8) is 0 Å². The van der Waals surface area contributed by atoms with E-state index in [1.54, 1.807) is 47.1 Å². The zero-order valence-corrected chi connectivity index (χ0v) is 17.4. The number of hydrogen-bond acceptors (Lipinski definition) is 6. The molecule has 0 bridgehead atoms. The van der Waals surface area contributed by atoms with Gasteiger partial charge in [0.25, 0.3) is 0 Å². The molecule has 27 heavy (non-hydrogen) atoms. The smallest absolute Gasteiger partial charge is 0.118 e. The predicted octanol–water partition coefficient (Wildman–Crippen LogP) is 6.80. The summed E-state index contributed by atoms with van der Waals surface area (Å²) in [5.74, 6) is 1.77. The van der Waals surface area contributed by atoms with E-state index in [9.17, 15) is 0 Å². The lowest BCUT2D eigenvalue weighted by Crippen LogP contribution is -1.81. The fraction of sp³-hybridized carbons (Fsp3) is 0.0952. The fourth-order valence-corrected chi connectivity index (χ4v) is 4.77. The molecule has 4 aromatic rings. The molecule has 1 heterocycles. The van der Waals surface area contributed by atoms with Crippen LogP contribution in [0.1, 0.15) is 0 Å². The molecule has 0 aliphatic heterocycles. The summed E-state index contributed by atoms with van der Waals surface area (Å²) in [7, 11) is 6.80. The first-order valence-electron chi connectivity index (χ1n) is 8.19. The molecule has 3 nitrogen and oxygen atoms in total. The minimum atomic E-state index is 0.883. The maximum Gasteiger partial charge on any atom is 0.118 e. The van der Waals surface area contributed by atoms with E-state index < -0.39 is 0 Å². The van der Waals surface area contributed by atoms with Gasteiger partial charge >= 0.3 is 0 Å². The second-order valence-electron chi connectivity index (χ2n) is 5.34. The number of fused-ring (bicyclic) bond motifs is 1. The Bertz CT molecular complexity index is 876. The Morgan fingerprint density at radius 1 is 0.704 bits per heavy atom. The maximum atomic E-state index is 5.13. The maximum absolute atomic E-state index is 5.13. The third kappa shape index (κ3) is 5.92. The summed E-state index contributed by atoms with van der Waals surface area (Å²) in [5.41, 5.74) is 2.97. The van der Waals surface area contributed by atoms with Crippen LogP contribution < -0.4 is 9.47 Å². The van der Waals surface area contributed by atoms with Gasteiger partial charge in [-0.25, -0.2) is 4.98 Å². The van der Waals surface area contributed by atoms with Crippen LogP contribution in [0.2, 0.25) is 0 Å². The highest BCUT2D eigenvalue weighted by Gasteiger charge is 1.99. The molecule has 0 atom stereocenters. The van der Waals surface area contributed by atoms with Crippen molar-refractivity contribution in [1.29, 1.82) is 0 Å². The Kier molecular flexibility index (Phi) is 7.45. The third-order valence-electron chi connectivity index (χ3n) is 3.59. The van der Waals surface area contributed by atoms with Crippen LogP contribution in [0, 0.1) is 0 Å². The molecule has 1 aromatic heterocycles. The average molecular weight is 414 g/mol. The summed E-state index contributed by atoms with van der Waals surface area (Å²) < 4.78 is 11.5. The molecule has 0 saturated heterocycles. The molecule has 0 fully saturated rings. The second-order valence-corrected chi connectivity index (χ2v) is 8.50. The number of benzene rings is 3. The standard InChI is InChI=1S/C14H14O2S2.C7H5NS/c1-15-11-3-7-13(8-4-11)17-18-14-9-5-12(16-2)6-10-14;1-2-4-7-6(3-1)8-5-9-7/h3-10H,1-2H3;1-5H. The summed E-state index contributed by atoms with van der Waals surface area (Å²) >= 11 is 1.68. The van der Waals surface area contributed by atoms with Gasteiger partial charge in [-0.2, -0.15) is 0 Å². The summed E-state index contributed by atoms with van der Waals surface area (Å²) in [6, 6.07) is 24.2. The molecule has 0 spiro atoms. The molecule has 0 radical (unpaired) electrons. The number of nitrogens with zero attached hydrogens (tertiary/aromatic N) is 1. The van der Waals surface area contributed by atoms with Crippen molar-refractivity contribution in [2.75, 3.05) is 14.2 Å². The molecular formula is C21H19NO2S3. The van der Waals surface area contributed by atoms with Gasteiger partial charge in [0.15, 0.2) is 0 Å². The van der Waals surface area contributed by atoms with E-state index in [1.807, 2.05) is 48.0 Å². The molecule has 0 N–H and O–H groups in total. The zero-order chi connectivity index (χ0) is 18.9. The number of hydrogen-bond donors (Lipinski definition) is 0. The minimum Gasteiger partial charge on any atom is -0.497 e. The van der Waals surface area contributed by atoms with Gasteiger partial charge in [0.1, 0.15) is 11.5 Å². The molecule has 138 valence electrons. The van der Waals surface area contributed by atoms with E-state index in [2.05, 4.69) is 35.3 Å². The average Bonchev–Trinajstić information content (AvgIpc) is 3.22. The minimum absolute atomic E-state index is 0.883. The monoisotopic (exact) mass is 413 g/mol. The van der Waals surface area contributed by atoms with Crippen LogP contribution in [0.5, 0.6) is 11.5 Å². The highest BCUT2D eigenvalue weighted by molar-refractivity contribution is 8.76. The second kappa shape index (κ2) is 10.3. The van der Waals surface area contributed by atoms with Crippen LogP contribution >= 0.6 is 32.9 Å². The van der Waals surface area contributed by atoms with Crippen LogP contribution in [0.3, 0.4) is 0 Å². The summed E-state index contributed by atoms with van der Waals surface area (Å²) in [6.07, 6.45) is 0. The van der Waals surface area contributed by atoms with Gasteiger partial charge in [0.2, 0.25) is 0 Å². The molecular weight excluding hydrogens is 394 g/mol. The van der Waals surface area contributed by atoms with Gasteiger partial charge in [-0.3, -0.25) is 0 Å². The lowest BCUT2D eigenvalue weighted by molar-refractivity contribution is 0.414. The number of ether oxygens (including phenoxy) is 2. The van der Waals surface area contributed by atoms with E-state index >= 15 is 0 Å². The first kappa shape index (κ1) is 19.6. The Balaban J connectivity index is 0.000000193. The van der Waals surface area contributed by atoms with E-state index in [0.29, 0.717) is 0 Å². The lowest BCUT2D eigenvalue weighted by atomic mass is 10.3. The zero-order valence-electron chi connectivity index (χ0n) is 15.0. The molecule has 0 saturated carbocycles. The Hall–Kier alpha value is -2.15. The van der Waals surface area contributed by atoms with Crippen molar-refractivity contribution in [1.82, 2.24) is 4.98 Å². The lowest BCUT2D eigenvalue weighted by Gasteiger charge is -2.04. The van der Waals surface area contributed by atoms with E-state index in [4.69, 9.17) is 9.47 Å². The number of para-hydroxylation sites is 1. The van der Waals surface area contributed by atoms with Gasteiger partial charge in [-0.15, -0.1) is 11.3 Å². The van der Waals surface area contributed by atoms with Crippen molar-refractivity contribution in [3.05, 3.63) is 78.3 Å². The summed E-state index contributed by atoms with van der Waals surface area (Å²) in [6.45, 7) is 0. The molecule has 0 unspecified atom stereocenters. The topological polar surface area (TPSA) is 31.4 Å². The van der Waals surface area contributed by atoms with Gasteiger partial charge in [0, 0.05) is 9.79 Å². The van der Waals surface area contributed by atoms with Crippen molar-refractivity contribution in [2.24, 2.45) is 0 Å². The van der Waals surface area contributed by atoms with Gasteiger partial charge < -0.3 is 9.47 Å². The molecule has 0 aliphatic carbocycles. The highest BCUT2D eigenvalue weighted by atomic mass is 33.1. The Morgan fingerprint density at radius 3 is 1.70 bits per heavy atom. The van der Waals surface area contributed by atoms with E-state index in [-0.39, 0.29) is 0 Å². The SMILES string of the molecule is COc1ccc(SSc2ccc(OC)cc2)cc1.c1ccc2scnc2c1. The number of rotatable bonds is 5. The van der Waals surface area contributed by atoms with Crippen LogP contribution in [0.25, 0.3) is 10.2 Å². The van der Waals surface area contributed by atoms with Crippen molar-refractivity contribution >= 4 is 43.1 Å². The van der Waals surface area contributed by atoms with Crippen LogP contribution in [-0.4, -0.2) is 19.2 Å². The molecule has 0 aliphatic rings. The predicted molar refractivity (Wildman–Crippen MR) is 117 cm³/mol. The molecule has 6 heteroatoms. The van der Waals surface area contributed by atoms with Crippen molar-refractivity contribution < 1.29 is 9.47 Å². The van der Waals surface area contributed by atoms with Crippen LogP contribution in [-0.2, 0) is 0 Å². The number of aromatic nitrogens is 1. The van der Waals surface area contributed by atoms with Crippen LogP contribution in [0.4, 0.5) is 0 Å². The summed E-state index contributed by atoms with van der Waals surface area (Å²) in [4.78, 5) is 6.55. The Morgan fingerprint density at radius 2 is 1.22 bits per heavy atom. The van der Waals surface area contributed by atoms with Gasteiger partial charge in [-0.05, 0) is 60.7 Å². The normalized spacial score (nSPS) is 10.1. The summed E-state index contributed by atoms with van der Waals surface area (Å²) in [5, 5.41) is 0. The first-order chi connectivity index (χ1) is 13.3. The van der Waals surface area contributed by atoms with Gasteiger partial charge in [0.05, 0.1) is 29.9 Å². The quantitative estimate of drug-likeness (QED) is 0.336. The molecule has 3 aromatic carbocycles. The largest absolute Gasteiger partial charge is 0.497 e. The highest BCUT2D eigenvalue weighted by Crippen LogP contribution is 2.38. The van der Waals surface area contributed by atoms with Crippen molar-refractivity contribution in [2.45, 2.75) is 9.79 Å². The number of methoxy groups -OCH3 is 2. The molecule has 4 rings (SSSR count). The number of thiazole rings is 1. The van der Waals surface area contributed by atoms with Gasteiger partial charge in [-0.1, -0.05) is 33.7 Å². The Labute approximate surface area is 171 Å². The van der Waals surface area contributed by atoms with Crippen molar-refractivity contribution in [3.8, 4) is 11.5 Å². The van der Waals surface area contributed by atoms with Crippen LogP contribution in [0.15, 0.2) is 88.1 Å². The third-order valence-corrected chi connectivity index (χ3v) is 6.82. The van der Waals surface area contributed by atoms with E-state index in [0.717, 1.165) is 17.0 Å².